The van der Waals surface area contributed by atoms with E-state index in [9.17, 15) is 0 Å². The molecular formula is C35H26N2. The van der Waals surface area contributed by atoms with Gasteiger partial charge in [0.15, 0.2) is 0 Å². The fourth-order valence-electron chi connectivity index (χ4n) is 5.69. The quantitative estimate of drug-likeness (QED) is 0.233. The molecule has 1 aromatic heterocycles. The molecule has 0 aliphatic heterocycles. The van der Waals surface area contributed by atoms with Crippen molar-refractivity contribution in [3.63, 3.8) is 0 Å². The molecule has 7 aromatic rings. The zero-order chi connectivity index (χ0) is 24.9. The molecule has 0 spiro atoms. The highest BCUT2D eigenvalue weighted by Gasteiger charge is 2.17. The summed E-state index contributed by atoms with van der Waals surface area (Å²) in [6, 6.07) is 43.9. The van der Waals surface area contributed by atoms with Crippen molar-refractivity contribution in [1.82, 2.24) is 9.55 Å². The molecule has 37 heavy (non-hydrogen) atoms. The van der Waals surface area contributed by atoms with Crippen LogP contribution in [0.15, 0.2) is 121 Å². The normalized spacial score (nSPS) is 11.5. The van der Waals surface area contributed by atoms with Crippen molar-refractivity contribution in [2.24, 2.45) is 7.05 Å². The average Bonchev–Trinajstić information content (AvgIpc) is 3.24. The highest BCUT2D eigenvalue weighted by atomic mass is 15.0. The third kappa shape index (κ3) is 3.45. The summed E-state index contributed by atoms with van der Waals surface area (Å²) in [6.45, 7) is 2.05. The molecular weight excluding hydrogens is 448 g/mol. The Labute approximate surface area is 216 Å². The Hall–Kier alpha value is -4.69. The molecule has 0 unspecified atom stereocenters. The minimum absolute atomic E-state index is 1.02. The Kier molecular flexibility index (Phi) is 4.93. The summed E-state index contributed by atoms with van der Waals surface area (Å²) in [6.07, 6.45) is 0. The SMILES string of the molecule is Cc1nc2cc(-c3ccc4c(-c5ccccc5)c5ccccc5c(-c5ccccc5)c4c3)ccc2n1C. The van der Waals surface area contributed by atoms with Crippen LogP contribution >= 0.6 is 0 Å². The topological polar surface area (TPSA) is 17.8 Å². The smallest absolute Gasteiger partial charge is 0.106 e. The van der Waals surface area contributed by atoms with Crippen LogP contribution in [0.25, 0.3) is 66.0 Å². The Balaban J connectivity index is 1.59. The van der Waals surface area contributed by atoms with Gasteiger partial charge in [-0.15, -0.1) is 0 Å². The summed E-state index contributed by atoms with van der Waals surface area (Å²) in [5.41, 5.74) is 9.60. The predicted molar refractivity (Wildman–Crippen MR) is 157 cm³/mol. The van der Waals surface area contributed by atoms with Crippen LogP contribution in [0.4, 0.5) is 0 Å². The molecule has 0 N–H and O–H groups in total. The monoisotopic (exact) mass is 474 g/mol. The van der Waals surface area contributed by atoms with Crippen LogP contribution in [0, 0.1) is 6.92 Å². The van der Waals surface area contributed by atoms with Gasteiger partial charge in [-0.25, -0.2) is 4.98 Å². The summed E-state index contributed by atoms with van der Waals surface area (Å²) >= 11 is 0. The van der Waals surface area contributed by atoms with E-state index in [4.69, 9.17) is 4.98 Å². The van der Waals surface area contributed by atoms with Crippen LogP contribution in [0.5, 0.6) is 0 Å². The van der Waals surface area contributed by atoms with Gasteiger partial charge in [-0.2, -0.15) is 0 Å². The highest BCUT2D eigenvalue weighted by molar-refractivity contribution is 6.21. The molecule has 0 amide bonds. The molecule has 2 nitrogen and oxygen atoms in total. The van der Waals surface area contributed by atoms with E-state index in [1.54, 1.807) is 0 Å². The lowest BCUT2D eigenvalue weighted by Gasteiger charge is -2.18. The van der Waals surface area contributed by atoms with Gasteiger partial charge in [0, 0.05) is 7.05 Å². The van der Waals surface area contributed by atoms with E-state index in [2.05, 4.69) is 140 Å². The van der Waals surface area contributed by atoms with E-state index in [1.807, 2.05) is 0 Å². The highest BCUT2D eigenvalue weighted by Crippen LogP contribution is 2.44. The number of rotatable bonds is 3. The number of fused-ring (bicyclic) bond motifs is 3. The van der Waals surface area contributed by atoms with E-state index < -0.39 is 0 Å². The largest absolute Gasteiger partial charge is 0.331 e. The first-order valence-electron chi connectivity index (χ1n) is 12.7. The lowest BCUT2D eigenvalue weighted by Crippen LogP contribution is -1.92. The fourth-order valence-corrected chi connectivity index (χ4v) is 5.69. The van der Waals surface area contributed by atoms with Crippen LogP contribution in [0.1, 0.15) is 5.82 Å². The molecule has 176 valence electrons. The van der Waals surface area contributed by atoms with Gasteiger partial charge in [-0.3, -0.25) is 0 Å². The average molecular weight is 475 g/mol. The molecule has 0 aliphatic carbocycles. The van der Waals surface area contributed by atoms with E-state index >= 15 is 0 Å². The van der Waals surface area contributed by atoms with Crippen LogP contribution < -0.4 is 0 Å². The standard InChI is InChI=1S/C35H26N2/c1-23-36-32-22-27(18-20-33(32)37(23)2)26-17-19-30-31(21-26)35(25-13-7-4-8-14-25)29-16-10-9-15-28(29)34(30)24-11-5-3-6-12-24/h3-22H,1-2H3. The van der Waals surface area contributed by atoms with Crippen LogP contribution in [-0.2, 0) is 7.05 Å². The Morgan fingerprint density at radius 3 is 1.65 bits per heavy atom. The number of hydrogen-bond acceptors (Lipinski definition) is 1. The summed E-state index contributed by atoms with van der Waals surface area (Å²) < 4.78 is 2.14. The maximum atomic E-state index is 4.78. The molecule has 1 heterocycles. The van der Waals surface area contributed by atoms with Gasteiger partial charge in [0.2, 0.25) is 0 Å². The van der Waals surface area contributed by atoms with Crippen molar-refractivity contribution >= 4 is 32.6 Å². The van der Waals surface area contributed by atoms with Gasteiger partial charge in [-0.05, 0) is 80.0 Å². The zero-order valence-corrected chi connectivity index (χ0v) is 20.9. The number of benzene rings is 6. The lowest BCUT2D eigenvalue weighted by molar-refractivity contribution is 0.886. The second-order valence-corrected chi connectivity index (χ2v) is 9.71. The summed E-state index contributed by atoms with van der Waals surface area (Å²) in [4.78, 5) is 4.78. The minimum Gasteiger partial charge on any atom is -0.331 e. The van der Waals surface area contributed by atoms with E-state index in [0.717, 1.165) is 16.9 Å². The number of hydrogen-bond donors (Lipinski definition) is 0. The maximum absolute atomic E-state index is 4.78. The summed E-state index contributed by atoms with van der Waals surface area (Å²) in [5.74, 6) is 1.02. The molecule has 0 radical (unpaired) electrons. The molecule has 0 bridgehead atoms. The fraction of sp³-hybridized carbons (Fsp3) is 0.0571. The van der Waals surface area contributed by atoms with Crippen LogP contribution in [0.2, 0.25) is 0 Å². The Morgan fingerprint density at radius 1 is 0.486 bits per heavy atom. The molecule has 0 atom stereocenters. The molecule has 2 heteroatoms. The summed E-state index contributed by atoms with van der Waals surface area (Å²) in [7, 11) is 2.07. The first-order chi connectivity index (χ1) is 18.2. The van der Waals surface area contributed by atoms with Crippen molar-refractivity contribution in [2.45, 2.75) is 6.92 Å². The third-order valence-electron chi connectivity index (χ3n) is 7.59. The van der Waals surface area contributed by atoms with Gasteiger partial charge in [0.05, 0.1) is 11.0 Å². The molecule has 0 saturated heterocycles. The zero-order valence-electron chi connectivity index (χ0n) is 20.9. The second kappa shape index (κ2) is 8.46. The lowest BCUT2D eigenvalue weighted by atomic mass is 9.85. The van der Waals surface area contributed by atoms with Crippen molar-refractivity contribution in [1.29, 1.82) is 0 Å². The number of aryl methyl sites for hydroxylation is 2. The van der Waals surface area contributed by atoms with Crippen molar-refractivity contribution in [3.8, 4) is 33.4 Å². The third-order valence-corrected chi connectivity index (χ3v) is 7.59. The minimum atomic E-state index is 1.02. The molecule has 7 rings (SSSR count). The van der Waals surface area contributed by atoms with Crippen LogP contribution in [0.3, 0.4) is 0 Å². The van der Waals surface area contributed by atoms with Gasteiger partial charge < -0.3 is 4.57 Å². The second-order valence-electron chi connectivity index (χ2n) is 9.71. The van der Waals surface area contributed by atoms with Crippen molar-refractivity contribution < 1.29 is 0 Å². The first kappa shape index (κ1) is 21.6. The van der Waals surface area contributed by atoms with Gasteiger partial charge in [0.1, 0.15) is 5.82 Å². The predicted octanol–water partition coefficient (Wildman–Crippen LogP) is 9.19. The van der Waals surface area contributed by atoms with E-state index in [1.165, 1.54) is 54.9 Å². The number of aromatic nitrogens is 2. The summed E-state index contributed by atoms with van der Waals surface area (Å²) in [5, 5.41) is 5.08. The number of nitrogens with zero attached hydrogens (tertiary/aromatic N) is 2. The van der Waals surface area contributed by atoms with Gasteiger partial charge in [0.25, 0.3) is 0 Å². The Morgan fingerprint density at radius 2 is 1.00 bits per heavy atom. The number of imidazole rings is 1. The van der Waals surface area contributed by atoms with E-state index in [-0.39, 0.29) is 0 Å². The molecule has 0 aliphatic rings. The van der Waals surface area contributed by atoms with Crippen LogP contribution in [-0.4, -0.2) is 9.55 Å². The van der Waals surface area contributed by atoms with Gasteiger partial charge in [-0.1, -0.05) is 103 Å². The Bertz CT molecular complexity index is 1930. The molecule has 0 fully saturated rings. The van der Waals surface area contributed by atoms with Crippen molar-refractivity contribution in [3.05, 3.63) is 127 Å². The maximum Gasteiger partial charge on any atom is 0.106 e. The van der Waals surface area contributed by atoms with E-state index in [0.29, 0.717) is 0 Å². The molecule has 6 aromatic carbocycles. The van der Waals surface area contributed by atoms with Crippen molar-refractivity contribution in [2.75, 3.05) is 0 Å². The molecule has 0 saturated carbocycles. The van der Waals surface area contributed by atoms with Gasteiger partial charge >= 0.3 is 0 Å². The first-order valence-corrected chi connectivity index (χ1v) is 12.7.